The van der Waals surface area contributed by atoms with Gasteiger partial charge in [-0.25, -0.2) is 4.79 Å². The fraction of sp³-hybridized carbons (Fsp3) is 0.500. The van der Waals surface area contributed by atoms with Crippen LogP contribution < -0.4 is 10.5 Å². The molecular formula is C18H26N4O2Si. The van der Waals surface area contributed by atoms with E-state index in [1.54, 1.807) is 0 Å². The zero-order valence-electron chi connectivity index (χ0n) is 15.2. The van der Waals surface area contributed by atoms with Crippen molar-refractivity contribution in [1.82, 2.24) is 20.4 Å². The summed E-state index contributed by atoms with van der Waals surface area (Å²) in [6.45, 7) is 7.80. The van der Waals surface area contributed by atoms with Crippen molar-refractivity contribution in [3.05, 3.63) is 42.0 Å². The molecule has 1 saturated heterocycles. The summed E-state index contributed by atoms with van der Waals surface area (Å²) in [5.41, 5.74) is 0. The molecule has 0 aliphatic carbocycles. The molecule has 6 nitrogen and oxygen atoms in total. The number of nitrogens with zero attached hydrogens (tertiary/aromatic N) is 3. The van der Waals surface area contributed by atoms with E-state index in [2.05, 4.69) is 52.8 Å². The molecule has 1 fully saturated rings. The predicted octanol–water partition coefficient (Wildman–Crippen LogP) is 2.42. The third-order valence-electron chi connectivity index (χ3n) is 4.84. The summed E-state index contributed by atoms with van der Waals surface area (Å²) in [5, 5.41) is 8.37. The third kappa shape index (κ3) is 4.28. The maximum Gasteiger partial charge on any atom is 0.317 e. The van der Waals surface area contributed by atoms with E-state index in [4.69, 9.17) is 4.52 Å². The van der Waals surface area contributed by atoms with Crippen molar-refractivity contribution >= 4 is 19.3 Å². The molecule has 1 aromatic heterocycles. The third-order valence-corrected chi connectivity index (χ3v) is 7.79. The van der Waals surface area contributed by atoms with Crippen LogP contribution >= 0.6 is 0 Å². The minimum absolute atomic E-state index is 0.0115. The van der Waals surface area contributed by atoms with Gasteiger partial charge in [0.05, 0.1) is 5.92 Å². The van der Waals surface area contributed by atoms with Crippen molar-refractivity contribution in [2.24, 2.45) is 0 Å². The summed E-state index contributed by atoms with van der Waals surface area (Å²) in [6.07, 6.45) is 2.67. The summed E-state index contributed by atoms with van der Waals surface area (Å²) in [7, 11) is -1.68. The van der Waals surface area contributed by atoms with E-state index in [-0.39, 0.29) is 11.9 Å². The molecule has 2 heterocycles. The Hall–Kier alpha value is -2.15. The topological polar surface area (TPSA) is 71.3 Å². The van der Waals surface area contributed by atoms with E-state index >= 15 is 0 Å². The number of carbonyl (C=O) groups is 1. The molecule has 1 aromatic carbocycles. The first-order chi connectivity index (χ1) is 12.0. The number of benzene rings is 1. The molecule has 0 radical (unpaired) electrons. The highest BCUT2D eigenvalue weighted by atomic mass is 28.3. The number of carbonyl (C=O) groups excluding carboxylic acids is 1. The number of likely N-dealkylation sites (tertiary alicyclic amines) is 1. The SMILES string of the molecule is Cc1noc(C2CCCN(C(=O)NC[Si](C)(C)c3ccccc3)C2)n1. The van der Waals surface area contributed by atoms with E-state index in [9.17, 15) is 4.79 Å². The number of amides is 2. The molecule has 134 valence electrons. The minimum Gasteiger partial charge on any atom is -0.341 e. The quantitative estimate of drug-likeness (QED) is 0.852. The highest BCUT2D eigenvalue weighted by Gasteiger charge is 2.30. The van der Waals surface area contributed by atoms with Gasteiger partial charge in [-0.1, -0.05) is 53.8 Å². The second kappa shape index (κ2) is 7.39. The zero-order chi connectivity index (χ0) is 17.9. The Labute approximate surface area is 149 Å². The van der Waals surface area contributed by atoms with Crippen LogP contribution in [0.2, 0.25) is 13.1 Å². The first kappa shape index (κ1) is 17.7. The molecule has 0 bridgehead atoms. The molecular weight excluding hydrogens is 332 g/mol. The highest BCUT2D eigenvalue weighted by molar-refractivity contribution is 6.90. The molecule has 2 aromatic rings. The van der Waals surface area contributed by atoms with Crippen molar-refractivity contribution in [3.8, 4) is 0 Å². The smallest absolute Gasteiger partial charge is 0.317 e. The Morgan fingerprint density at radius 2 is 2.12 bits per heavy atom. The van der Waals surface area contributed by atoms with Crippen LogP contribution in [-0.2, 0) is 0 Å². The van der Waals surface area contributed by atoms with E-state index in [0.29, 0.717) is 18.3 Å². The van der Waals surface area contributed by atoms with Crippen LogP contribution in [0.3, 0.4) is 0 Å². The van der Waals surface area contributed by atoms with Crippen LogP contribution in [0.4, 0.5) is 4.79 Å². The van der Waals surface area contributed by atoms with Crippen molar-refractivity contribution in [3.63, 3.8) is 0 Å². The molecule has 1 unspecified atom stereocenters. The lowest BCUT2D eigenvalue weighted by Crippen LogP contribution is -2.55. The Morgan fingerprint density at radius 1 is 1.36 bits per heavy atom. The van der Waals surface area contributed by atoms with Gasteiger partial charge in [0.15, 0.2) is 5.82 Å². The summed E-state index contributed by atoms with van der Waals surface area (Å²) < 4.78 is 5.29. The van der Waals surface area contributed by atoms with Gasteiger partial charge < -0.3 is 14.7 Å². The first-order valence-electron chi connectivity index (χ1n) is 8.84. The van der Waals surface area contributed by atoms with Crippen LogP contribution in [0.15, 0.2) is 34.9 Å². The number of rotatable bonds is 4. The molecule has 0 saturated carbocycles. The van der Waals surface area contributed by atoms with Crippen LogP contribution in [0.5, 0.6) is 0 Å². The van der Waals surface area contributed by atoms with Gasteiger partial charge >= 0.3 is 6.03 Å². The lowest BCUT2D eigenvalue weighted by molar-refractivity contribution is 0.173. The number of urea groups is 1. The molecule has 7 heteroatoms. The van der Waals surface area contributed by atoms with Gasteiger partial charge in [0.25, 0.3) is 0 Å². The van der Waals surface area contributed by atoms with Gasteiger partial charge in [-0.05, 0) is 19.8 Å². The molecule has 3 rings (SSSR count). The average molecular weight is 359 g/mol. The van der Waals surface area contributed by atoms with Crippen molar-refractivity contribution in [1.29, 1.82) is 0 Å². The van der Waals surface area contributed by atoms with Gasteiger partial charge in [-0.3, -0.25) is 0 Å². The fourth-order valence-corrected chi connectivity index (χ4v) is 5.13. The number of hydrogen-bond acceptors (Lipinski definition) is 4. The van der Waals surface area contributed by atoms with Crippen LogP contribution in [0, 0.1) is 6.92 Å². The summed E-state index contributed by atoms with van der Waals surface area (Å²) in [4.78, 5) is 18.8. The number of aryl methyl sites for hydroxylation is 1. The second-order valence-corrected chi connectivity index (χ2v) is 12.1. The van der Waals surface area contributed by atoms with Gasteiger partial charge in [0.2, 0.25) is 5.89 Å². The number of nitrogens with one attached hydrogen (secondary N) is 1. The van der Waals surface area contributed by atoms with Crippen LogP contribution in [0.1, 0.15) is 30.5 Å². The monoisotopic (exact) mass is 358 g/mol. The summed E-state index contributed by atoms with van der Waals surface area (Å²) >= 11 is 0. The predicted molar refractivity (Wildman–Crippen MR) is 99.5 cm³/mol. The first-order valence-corrected chi connectivity index (χ1v) is 12.0. The zero-order valence-corrected chi connectivity index (χ0v) is 16.2. The molecule has 1 atom stereocenters. The lowest BCUT2D eigenvalue weighted by Gasteiger charge is -2.32. The molecule has 1 aliphatic rings. The number of piperidine rings is 1. The Bertz CT molecular complexity index is 717. The maximum absolute atomic E-state index is 12.6. The Kier molecular flexibility index (Phi) is 5.22. The van der Waals surface area contributed by atoms with E-state index in [1.807, 2.05) is 17.9 Å². The number of hydrogen-bond donors (Lipinski definition) is 1. The van der Waals surface area contributed by atoms with Gasteiger partial charge in [-0.15, -0.1) is 0 Å². The summed E-state index contributed by atoms with van der Waals surface area (Å²) in [6, 6.07) is 10.5. The average Bonchev–Trinajstić information content (AvgIpc) is 3.07. The summed E-state index contributed by atoms with van der Waals surface area (Å²) in [5.74, 6) is 1.43. The van der Waals surface area contributed by atoms with Gasteiger partial charge in [0, 0.05) is 19.3 Å². The van der Waals surface area contributed by atoms with E-state index in [1.165, 1.54) is 5.19 Å². The van der Waals surface area contributed by atoms with Crippen molar-refractivity contribution in [2.75, 3.05) is 19.3 Å². The van der Waals surface area contributed by atoms with Crippen LogP contribution in [0.25, 0.3) is 0 Å². The van der Waals surface area contributed by atoms with Gasteiger partial charge in [-0.2, -0.15) is 4.98 Å². The molecule has 0 spiro atoms. The standard InChI is InChI=1S/C18H26N4O2Si/c1-14-20-17(24-21-14)15-8-7-11-22(12-15)18(23)19-13-25(2,3)16-9-5-4-6-10-16/h4-6,9-10,15H,7-8,11-13H2,1-3H3,(H,19,23). The highest BCUT2D eigenvalue weighted by Crippen LogP contribution is 2.25. The van der Waals surface area contributed by atoms with E-state index in [0.717, 1.165) is 25.6 Å². The molecule has 25 heavy (non-hydrogen) atoms. The fourth-order valence-electron chi connectivity index (χ4n) is 3.24. The Morgan fingerprint density at radius 3 is 2.80 bits per heavy atom. The normalized spacial score (nSPS) is 18.2. The largest absolute Gasteiger partial charge is 0.341 e. The van der Waals surface area contributed by atoms with E-state index < -0.39 is 8.07 Å². The second-order valence-electron chi connectivity index (χ2n) is 7.37. The molecule has 1 aliphatic heterocycles. The Balaban J connectivity index is 1.57. The van der Waals surface area contributed by atoms with Crippen LogP contribution in [-0.4, -0.2) is 48.4 Å². The molecule has 2 amide bonds. The lowest BCUT2D eigenvalue weighted by atomic mass is 9.98. The minimum atomic E-state index is -1.68. The number of aromatic nitrogens is 2. The molecule has 1 N–H and O–H groups in total. The van der Waals surface area contributed by atoms with Gasteiger partial charge in [0.1, 0.15) is 8.07 Å². The van der Waals surface area contributed by atoms with Crippen molar-refractivity contribution in [2.45, 2.75) is 38.8 Å². The van der Waals surface area contributed by atoms with Crippen molar-refractivity contribution < 1.29 is 9.32 Å². The maximum atomic E-state index is 12.6.